The summed E-state index contributed by atoms with van der Waals surface area (Å²) >= 11 is 0. The summed E-state index contributed by atoms with van der Waals surface area (Å²) in [4.78, 5) is 5.57. The molecule has 0 aromatic heterocycles. The highest BCUT2D eigenvalue weighted by Crippen LogP contribution is 2.21. The van der Waals surface area contributed by atoms with Crippen LogP contribution in [0.15, 0.2) is 0 Å². The highest BCUT2D eigenvalue weighted by atomic mass is 15.3. The maximum absolute atomic E-state index is 2.82. The highest BCUT2D eigenvalue weighted by molar-refractivity contribution is 4.75. The summed E-state index contributed by atoms with van der Waals surface area (Å²) in [5, 5.41) is 0. The first-order chi connectivity index (χ1) is 16.8. The van der Waals surface area contributed by atoms with Crippen LogP contribution in [0.3, 0.4) is 0 Å². The fourth-order valence-corrected chi connectivity index (χ4v) is 5.78. The smallest absolute Gasteiger partial charge is 0.0110 e. The largest absolute Gasteiger partial charge is 0.301 e. The first kappa shape index (κ1) is 31.9. The van der Waals surface area contributed by atoms with Crippen molar-refractivity contribution in [3.63, 3.8) is 0 Å². The summed E-state index contributed by atoms with van der Waals surface area (Å²) in [7, 11) is 0. The Kier molecular flexibility index (Phi) is 23.1. The van der Waals surface area contributed by atoms with Crippen LogP contribution < -0.4 is 0 Å². The van der Waals surface area contributed by atoms with Crippen LogP contribution in [0.4, 0.5) is 0 Å². The molecule has 1 saturated heterocycles. The van der Waals surface area contributed by atoms with Gasteiger partial charge in [0.2, 0.25) is 0 Å². The second-order valence-corrected chi connectivity index (χ2v) is 11.6. The van der Waals surface area contributed by atoms with E-state index in [1.54, 1.807) is 0 Å². The van der Waals surface area contributed by atoms with E-state index in [2.05, 4.69) is 30.6 Å². The van der Waals surface area contributed by atoms with Crippen LogP contribution in [-0.2, 0) is 0 Å². The maximum Gasteiger partial charge on any atom is 0.0110 e. The van der Waals surface area contributed by atoms with Crippen LogP contribution in [0.25, 0.3) is 0 Å². The van der Waals surface area contributed by atoms with E-state index < -0.39 is 0 Å². The Morgan fingerprint density at radius 1 is 0.412 bits per heavy atom. The van der Waals surface area contributed by atoms with Gasteiger partial charge in [-0.15, -0.1) is 0 Å². The maximum atomic E-state index is 2.82. The Labute approximate surface area is 217 Å². The highest BCUT2D eigenvalue weighted by Gasteiger charge is 2.19. The lowest BCUT2D eigenvalue weighted by atomic mass is 9.93. The summed E-state index contributed by atoms with van der Waals surface area (Å²) in [6, 6.07) is 0. The minimum Gasteiger partial charge on any atom is -0.301 e. The van der Waals surface area contributed by atoms with Crippen LogP contribution in [0.1, 0.15) is 162 Å². The van der Waals surface area contributed by atoms with E-state index >= 15 is 0 Å². The van der Waals surface area contributed by atoms with E-state index in [0.717, 1.165) is 5.92 Å². The minimum absolute atomic E-state index is 0.955. The van der Waals surface area contributed by atoms with Crippen LogP contribution in [0.5, 0.6) is 0 Å². The quantitative estimate of drug-likeness (QED) is 0.120. The standard InChI is InChI=1S/C32H66N2/c1-4-7-10-13-15-16-17-18-20-23-26-33-27-29-34(30-28-33)31-32(24-21-12-9-6-3)25-22-19-14-11-8-5-2/h32H,4-31H2,1-3H3. The fraction of sp³-hybridized carbons (Fsp3) is 1.00. The number of rotatable bonds is 25. The van der Waals surface area contributed by atoms with Gasteiger partial charge in [-0.05, 0) is 31.7 Å². The van der Waals surface area contributed by atoms with Crippen LogP contribution in [-0.4, -0.2) is 49.1 Å². The van der Waals surface area contributed by atoms with E-state index in [1.807, 2.05) is 0 Å². The molecule has 0 N–H and O–H groups in total. The van der Waals surface area contributed by atoms with Crippen LogP contribution >= 0.6 is 0 Å². The predicted octanol–water partition coefficient (Wildman–Crippen LogP) is 9.86. The number of nitrogens with zero attached hydrogens (tertiary/aromatic N) is 2. The molecule has 0 aromatic rings. The Morgan fingerprint density at radius 2 is 0.765 bits per heavy atom. The Bertz CT molecular complexity index is 388. The molecule has 0 aromatic carbocycles. The summed E-state index contributed by atoms with van der Waals surface area (Å²) in [6.45, 7) is 15.0. The third-order valence-corrected chi connectivity index (χ3v) is 8.24. The lowest BCUT2D eigenvalue weighted by Gasteiger charge is -2.36. The second kappa shape index (κ2) is 24.6. The minimum atomic E-state index is 0.955. The second-order valence-electron chi connectivity index (χ2n) is 11.6. The van der Waals surface area contributed by atoms with Gasteiger partial charge in [-0.3, -0.25) is 0 Å². The van der Waals surface area contributed by atoms with Crippen molar-refractivity contribution in [2.75, 3.05) is 39.3 Å². The molecule has 0 amide bonds. The molecule has 2 nitrogen and oxygen atoms in total. The molecule has 2 heteroatoms. The zero-order valence-electron chi connectivity index (χ0n) is 24.3. The average Bonchev–Trinajstić information content (AvgIpc) is 2.86. The molecule has 0 saturated carbocycles. The van der Waals surface area contributed by atoms with E-state index in [1.165, 1.54) is 181 Å². The van der Waals surface area contributed by atoms with Crippen molar-refractivity contribution in [1.29, 1.82) is 0 Å². The summed E-state index contributed by atoms with van der Waals surface area (Å²) in [5.74, 6) is 0.955. The van der Waals surface area contributed by atoms with Gasteiger partial charge in [0.05, 0.1) is 0 Å². The van der Waals surface area contributed by atoms with Gasteiger partial charge in [0, 0.05) is 32.7 Å². The van der Waals surface area contributed by atoms with Gasteiger partial charge >= 0.3 is 0 Å². The Hall–Kier alpha value is -0.0800. The Morgan fingerprint density at radius 3 is 1.24 bits per heavy atom. The third kappa shape index (κ3) is 19.1. The summed E-state index contributed by atoms with van der Waals surface area (Å²) in [5.41, 5.74) is 0. The molecular weight excluding hydrogens is 412 g/mol. The Balaban J connectivity index is 2.11. The summed E-state index contributed by atoms with van der Waals surface area (Å²) < 4.78 is 0. The molecule has 0 aliphatic carbocycles. The molecule has 1 aliphatic rings. The van der Waals surface area contributed by atoms with E-state index in [-0.39, 0.29) is 0 Å². The lowest BCUT2D eigenvalue weighted by molar-refractivity contribution is 0.111. The zero-order chi connectivity index (χ0) is 24.5. The molecule has 204 valence electrons. The molecule has 1 heterocycles. The topological polar surface area (TPSA) is 6.48 Å². The van der Waals surface area contributed by atoms with Gasteiger partial charge in [0.15, 0.2) is 0 Å². The molecule has 1 rings (SSSR count). The average molecular weight is 479 g/mol. The van der Waals surface area contributed by atoms with Crippen molar-refractivity contribution in [3.05, 3.63) is 0 Å². The van der Waals surface area contributed by atoms with Crippen LogP contribution in [0.2, 0.25) is 0 Å². The van der Waals surface area contributed by atoms with Gasteiger partial charge in [0.1, 0.15) is 0 Å². The van der Waals surface area contributed by atoms with Gasteiger partial charge in [-0.25, -0.2) is 0 Å². The van der Waals surface area contributed by atoms with Gasteiger partial charge in [-0.1, -0.05) is 143 Å². The van der Waals surface area contributed by atoms with E-state index in [0.29, 0.717) is 0 Å². The third-order valence-electron chi connectivity index (χ3n) is 8.24. The molecule has 0 bridgehead atoms. The normalized spacial score (nSPS) is 16.3. The lowest BCUT2D eigenvalue weighted by Crippen LogP contribution is -2.47. The monoisotopic (exact) mass is 479 g/mol. The SMILES string of the molecule is CCCCCCCCCCCCN1CCN(CC(CCCCCC)CCCCCCCC)CC1. The van der Waals surface area contributed by atoms with Gasteiger partial charge in [-0.2, -0.15) is 0 Å². The number of unbranched alkanes of at least 4 members (excludes halogenated alkanes) is 17. The molecule has 1 atom stereocenters. The number of hydrogen-bond acceptors (Lipinski definition) is 2. The summed E-state index contributed by atoms with van der Waals surface area (Å²) in [6.07, 6.45) is 31.8. The molecule has 1 aliphatic heterocycles. The zero-order valence-corrected chi connectivity index (χ0v) is 24.3. The number of hydrogen-bond donors (Lipinski definition) is 0. The van der Waals surface area contributed by atoms with E-state index in [9.17, 15) is 0 Å². The first-order valence-electron chi connectivity index (χ1n) is 16.2. The van der Waals surface area contributed by atoms with Crippen molar-refractivity contribution in [2.45, 2.75) is 162 Å². The van der Waals surface area contributed by atoms with Gasteiger partial charge < -0.3 is 9.80 Å². The van der Waals surface area contributed by atoms with Crippen molar-refractivity contribution in [2.24, 2.45) is 5.92 Å². The molecule has 0 radical (unpaired) electrons. The van der Waals surface area contributed by atoms with Crippen LogP contribution in [0, 0.1) is 5.92 Å². The molecule has 1 unspecified atom stereocenters. The molecule has 0 spiro atoms. The molecule has 1 fully saturated rings. The van der Waals surface area contributed by atoms with Crippen molar-refractivity contribution in [1.82, 2.24) is 9.80 Å². The molecular formula is C32H66N2. The van der Waals surface area contributed by atoms with Crippen molar-refractivity contribution < 1.29 is 0 Å². The first-order valence-corrected chi connectivity index (χ1v) is 16.2. The van der Waals surface area contributed by atoms with Gasteiger partial charge in [0.25, 0.3) is 0 Å². The molecule has 34 heavy (non-hydrogen) atoms. The van der Waals surface area contributed by atoms with Crippen molar-refractivity contribution >= 4 is 0 Å². The van der Waals surface area contributed by atoms with Crippen molar-refractivity contribution in [3.8, 4) is 0 Å². The fourth-order valence-electron chi connectivity index (χ4n) is 5.78. The number of piperazine rings is 1. The van der Waals surface area contributed by atoms with E-state index in [4.69, 9.17) is 0 Å². The predicted molar refractivity (Wildman–Crippen MR) is 155 cm³/mol.